The zero-order valence-corrected chi connectivity index (χ0v) is 10.9. The van der Waals surface area contributed by atoms with E-state index in [0.717, 1.165) is 16.8 Å². The Kier molecular flexibility index (Phi) is 3.18. The fourth-order valence-electron chi connectivity index (χ4n) is 1.85. The number of hydrogen-bond donors (Lipinski definition) is 0. The van der Waals surface area contributed by atoms with Crippen LogP contribution in [0.2, 0.25) is 5.02 Å². The van der Waals surface area contributed by atoms with Crippen molar-refractivity contribution >= 4 is 11.6 Å². The predicted molar refractivity (Wildman–Crippen MR) is 78.3 cm³/mol. The van der Waals surface area contributed by atoms with Crippen molar-refractivity contribution in [1.29, 1.82) is 0 Å². The van der Waals surface area contributed by atoms with E-state index in [2.05, 4.69) is 16.8 Å². The molecule has 2 heteroatoms. The maximum Gasteiger partial charge on any atom is 0.133 e. The van der Waals surface area contributed by atoms with Gasteiger partial charge in [0.05, 0.1) is 10.7 Å². The van der Waals surface area contributed by atoms with Crippen LogP contribution in [0.4, 0.5) is 0 Å². The summed E-state index contributed by atoms with van der Waals surface area (Å²) in [5.41, 5.74) is 3.39. The monoisotopic (exact) mass is 263 g/mol. The molecular weight excluding hydrogens is 254 g/mol. The molecule has 0 unspecified atom stereocenters. The van der Waals surface area contributed by atoms with Crippen molar-refractivity contribution in [2.24, 2.45) is 0 Å². The van der Waals surface area contributed by atoms with E-state index in [1.54, 1.807) is 0 Å². The Morgan fingerprint density at radius 1 is 0.789 bits per heavy atom. The summed E-state index contributed by atoms with van der Waals surface area (Å²) in [6.07, 6.45) is 0. The van der Waals surface area contributed by atoms with Gasteiger partial charge in [-0.25, -0.2) is 4.98 Å². The van der Waals surface area contributed by atoms with Crippen molar-refractivity contribution in [2.45, 2.75) is 0 Å². The van der Waals surface area contributed by atoms with Crippen LogP contribution in [0.25, 0.3) is 11.3 Å². The first-order chi connectivity index (χ1) is 9.34. The van der Waals surface area contributed by atoms with Gasteiger partial charge in [-0.15, -0.1) is 0 Å². The van der Waals surface area contributed by atoms with E-state index in [0.29, 0.717) is 10.7 Å². The molecule has 1 aromatic carbocycles. The number of nitrogens with zero attached hydrogens (tertiary/aromatic N) is 1. The Morgan fingerprint density at radius 2 is 1.47 bits per heavy atom. The topological polar surface area (TPSA) is 12.9 Å². The summed E-state index contributed by atoms with van der Waals surface area (Å²) < 4.78 is 0. The average molecular weight is 264 g/mol. The first kappa shape index (κ1) is 11.8. The molecule has 0 radical (unpaired) electrons. The molecule has 0 N–H and O–H groups in total. The molecular formula is C17H10ClN. The number of hydrogen-bond acceptors (Lipinski definition) is 1. The molecule has 2 aliphatic rings. The highest BCUT2D eigenvalue weighted by Crippen LogP contribution is 2.31. The van der Waals surface area contributed by atoms with Crippen molar-refractivity contribution in [3.8, 4) is 23.1 Å². The van der Waals surface area contributed by atoms with Crippen molar-refractivity contribution in [3.63, 3.8) is 0 Å². The summed E-state index contributed by atoms with van der Waals surface area (Å²) >= 11 is 6.32. The molecule has 19 heavy (non-hydrogen) atoms. The number of halogens is 1. The Bertz CT molecular complexity index is 738. The standard InChI is InChI=1S/C17H10ClN/c18-17-14-9-5-2-6-10-15(14)19-16(17)12-11-13-7-3-1-4-8-13/h1-10H. The SMILES string of the molecule is Clc1c2cccccc-2nc1C#Cc1ccccc1. The lowest BCUT2D eigenvalue weighted by atomic mass is 10.2. The first-order valence-electron chi connectivity index (χ1n) is 5.96. The summed E-state index contributed by atoms with van der Waals surface area (Å²) in [7, 11) is 0. The molecule has 0 amide bonds. The van der Waals surface area contributed by atoms with Crippen molar-refractivity contribution < 1.29 is 0 Å². The average Bonchev–Trinajstić information content (AvgIpc) is 2.63. The van der Waals surface area contributed by atoms with Crippen LogP contribution in [0, 0.1) is 11.8 Å². The summed E-state index contributed by atoms with van der Waals surface area (Å²) in [6.45, 7) is 0. The maximum absolute atomic E-state index is 6.32. The first-order valence-corrected chi connectivity index (χ1v) is 6.34. The number of aromatic nitrogens is 1. The van der Waals surface area contributed by atoms with E-state index in [4.69, 9.17) is 11.6 Å². The second-order valence-corrected chi connectivity index (χ2v) is 4.48. The lowest BCUT2D eigenvalue weighted by Gasteiger charge is -1.88. The van der Waals surface area contributed by atoms with Crippen molar-refractivity contribution in [3.05, 3.63) is 76.9 Å². The summed E-state index contributed by atoms with van der Waals surface area (Å²) in [5.74, 6) is 6.11. The van der Waals surface area contributed by atoms with Gasteiger partial charge in [0.25, 0.3) is 0 Å². The van der Waals surface area contributed by atoms with Gasteiger partial charge in [0.15, 0.2) is 0 Å². The number of rotatable bonds is 0. The smallest absolute Gasteiger partial charge is 0.133 e. The lowest BCUT2D eigenvalue weighted by molar-refractivity contribution is 1.37. The lowest BCUT2D eigenvalue weighted by Crippen LogP contribution is -1.75. The Hall–Kier alpha value is -2.30. The van der Waals surface area contributed by atoms with E-state index >= 15 is 0 Å². The van der Waals surface area contributed by atoms with Crippen molar-refractivity contribution in [1.82, 2.24) is 4.98 Å². The van der Waals surface area contributed by atoms with Crippen molar-refractivity contribution in [2.75, 3.05) is 0 Å². The van der Waals surface area contributed by atoms with Gasteiger partial charge in [-0.2, -0.15) is 0 Å². The molecule has 1 aromatic rings. The van der Waals surface area contributed by atoms with Crippen LogP contribution in [0.1, 0.15) is 11.3 Å². The fourth-order valence-corrected chi connectivity index (χ4v) is 2.10. The third-order valence-electron chi connectivity index (χ3n) is 2.79. The molecule has 0 atom stereocenters. The fraction of sp³-hybridized carbons (Fsp3) is 0. The zero-order chi connectivity index (χ0) is 13.1. The van der Waals surface area contributed by atoms with Gasteiger partial charge < -0.3 is 0 Å². The van der Waals surface area contributed by atoms with Gasteiger partial charge in [0, 0.05) is 11.1 Å². The van der Waals surface area contributed by atoms with Crippen LogP contribution in [0.3, 0.4) is 0 Å². The molecule has 0 aromatic heterocycles. The molecule has 1 nitrogen and oxygen atoms in total. The highest BCUT2D eigenvalue weighted by Gasteiger charge is 2.13. The molecule has 1 aliphatic heterocycles. The molecule has 90 valence electrons. The minimum absolute atomic E-state index is 0.620. The Morgan fingerprint density at radius 3 is 2.26 bits per heavy atom. The van der Waals surface area contributed by atoms with E-state index in [-0.39, 0.29) is 0 Å². The molecule has 0 fully saturated rings. The predicted octanol–water partition coefficient (Wildman–Crippen LogP) is 4.24. The van der Waals surface area contributed by atoms with E-state index < -0.39 is 0 Å². The van der Waals surface area contributed by atoms with Gasteiger partial charge in [0.2, 0.25) is 0 Å². The van der Waals surface area contributed by atoms with Gasteiger partial charge in [0.1, 0.15) is 5.69 Å². The number of fused-ring (bicyclic) bond motifs is 1. The molecule has 3 rings (SSSR count). The summed E-state index contributed by atoms with van der Waals surface area (Å²) in [4.78, 5) is 4.46. The molecule has 0 spiro atoms. The van der Waals surface area contributed by atoms with Crippen LogP contribution in [0.5, 0.6) is 0 Å². The largest absolute Gasteiger partial charge is 0.238 e. The quantitative estimate of drug-likeness (QED) is 0.553. The Balaban J connectivity index is 2.06. The van der Waals surface area contributed by atoms with E-state index in [9.17, 15) is 0 Å². The minimum atomic E-state index is 0.620. The Labute approximate surface area is 117 Å². The number of benzene rings is 1. The van der Waals surface area contributed by atoms with E-state index in [1.165, 1.54) is 0 Å². The van der Waals surface area contributed by atoms with E-state index in [1.807, 2.05) is 60.7 Å². The molecule has 1 aliphatic carbocycles. The van der Waals surface area contributed by atoms with Gasteiger partial charge >= 0.3 is 0 Å². The third kappa shape index (κ3) is 2.45. The van der Waals surface area contributed by atoms with Crippen LogP contribution >= 0.6 is 11.6 Å². The molecule has 0 saturated heterocycles. The van der Waals surface area contributed by atoms with Crippen LogP contribution < -0.4 is 0 Å². The van der Waals surface area contributed by atoms with Crippen LogP contribution in [-0.4, -0.2) is 4.98 Å². The normalized spacial score (nSPS) is 9.95. The van der Waals surface area contributed by atoms with Gasteiger partial charge in [-0.1, -0.05) is 60.0 Å². The molecule has 0 bridgehead atoms. The summed E-state index contributed by atoms with van der Waals surface area (Å²) in [6, 6.07) is 19.5. The van der Waals surface area contributed by atoms with Gasteiger partial charge in [-0.3, -0.25) is 0 Å². The molecule has 0 saturated carbocycles. The minimum Gasteiger partial charge on any atom is -0.238 e. The van der Waals surface area contributed by atoms with Crippen LogP contribution in [-0.2, 0) is 0 Å². The highest BCUT2D eigenvalue weighted by atomic mass is 35.5. The third-order valence-corrected chi connectivity index (χ3v) is 3.17. The maximum atomic E-state index is 6.32. The van der Waals surface area contributed by atoms with Crippen LogP contribution in [0.15, 0.2) is 60.7 Å². The molecule has 1 heterocycles. The second-order valence-electron chi connectivity index (χ2n) is 4.10. The second kappa shape index (κ2) is 5.14. The summed E-state index contributed by atoms with van der Waals surface area (Å²) in [5, 5.41) is 0.620. The van der Waals surface area contributed by atoms with Gasteiger partial charge in [-0.05, 0) is 24.1 Å². The highest BCUT2D eigenvalue weighted by molar-refractivity contribution is 6.34. The zero-order valence-electron chi connectivity index (χ0n) is 10.1.